The molecule has 1 aliphatic carbocycles. The Morgan fingerprint density at radius 1 is 0.812 bits per heavy atom. The molecule has 5 aromatic rings. The van der Waals surface area contributed by atoms with Crippen molar-refractivity contribution < 1.29 is 23.9 Å². The van der Waals surface area contributed by atoms with Crippen LogP contribution in [0.3, 0.4) is 0 Å². The predicted octanol–water partition coefficient (Wildman–Crippen LogP) is 9.01. The molecule has 0 radical (unpaired) electrons. The molecule has 0 saturated heterocycles. The Bertz CT molecular complexity index is 1880. The number of alkyl carbamates (subject to hydrolysis) is 1. The number of aldehydes is 1. The van der Waals surface area contributed by atoms with Gasteiger partial charge in [-0.25, -0.2) is 9.59 Å². The van der Waals surface area contributed by atoms with Crippen molar-refractivity contribution in [1.29, 1.82) is 0 Å². The Morgan fingerprint density at radius 3 is 2.33 bits per heavy atom. The molecule has 1 saturated carbocycles. The van der Waals surface area contributed by atoms with Gasteiger partial charge in [0.2, 0.25) is 0 Å². The molecule has 4 aromatic carbocycles. The van der Waals surface area contributed by atoms with E-state index in [-0.39, 0.29) is 18.8 Å². The molecule has 1 aromatic heterocycles. The van der Waals surface area contributed by atoms with Crippen LogP contribution in [0.5, 0.6) is 0 Å². The van der Waals surface area contributed by atoms with Crippen LogP contribution < -0.4 is 10.6 Å². The minimum atomic E-state index is -0.496. The Labute approximate surface area is 280 Å². The van der Waals surface area contributed by atoms with Gasteiger partial charge in [-0.1, -0.05) is 84.9 Å². The fraction of sp³-hybridized carbons (Fsp3) is 0.225. The summed E-state index contributed by atoms with van der Waals surface area (Å²) >= 11 is 0. The number of aromatic nitrogens is 1. The molecule has 8 heteroatoms. The fourth-order valence-corrected chi connectivity index (χ4v) is 6.11. The number of ether oxygens (including phenoxy) is 2. The lowest BCUT2D eigenvalue weighted by Crippen LogP contribution is -2.40. The van der Waals surface area contributed by atoms with Crippen LogP contribution in [0.25, 0.3) is 28.1 Å². The highest BCUT2D eigenvalue weighted by Gasteiger charge is 2.26. The van der Waals surface area contributed by atoms with Gasteiger partial charge in [-0.15, -0.1) is 0 Å². The monoisotopic (exact) mass is 641 g/mol. The minimum Gasteiger partial charge on any atom is -0.446 e. The first-order valence-electron chi connectivity index (χ1n) is 16.4. The lowest BCUT2D eigenvalue weighted by atomic mass is 9.93. The highest BCUT2D eigenvalue weighted by atomic mass is 16.6. The van der Waals surface area contributed by atoms with Crippen molar-refractivity contribution in [1.82, 2.24) is 9.88 Å². The van der Waals surface area contributed by atoms with E-state index in [9.17, 15) is 14.4 Å². The zero-order valence-corrected chi connectivity index (χ0v) is 26.7. The summed E-state index contributed by atoms with van der Waals surface area (Å²) in [6, 6.07) is 33.3. The van der Waals surface area contributed by atoms with Gasteiger partial charge in [-0.2, -0.15) is 0 Å². The van der Waals surface area contributed by atoms with Gasteiger partial charge in [-0.3, -0.25) is 10.1 Å². The summed E-state index contributed by atoms with van der Waals surface area (Å²) in [4.78, 5) is 36.5. The van der Waals surface area contributed by atoms with E-state index in [4.69, 9.17) is 9.47 Å². The summed E-state index contributed by atoms with van der Waals surface area (Å²) < 4.78 is 13.4. The number of carbonyl (C=O) groups is 3. The molecular weight excluding hydrogens is 602 g/mol. The van der Waals surface area contributed by atoms with Crippen LogP contribution in [0.2, 0.25) is 0 Å². The third-order valence-electron chi connectivity index (χ3n) is 8.63. The molecule has 1 aliphatic rings. The average Bonchev–Trinajstić information content (AvgIpc) is 3.53. The van der Waals surface area contributed by atoms with Crippen molar-refractivity contribution in [3.05, 3.63) is 132 Å². The second-order valence-corrected chi connectivity index (χ2v) is 12.0. The summed E-state index contributed by atoms with van der Waals surface area (Å²) in [6.07, 6.45) is 9.44. The zero-order chi connectivity index (χ0) is 33.1. The third-order valence-corrected chi connectivity index (χ3v) is 8.63. The van der Waals surface area contributed by atoms with Crippen LogP contribution in [-0.4, -0.2) is 35.2 Å². The van der Waals surface area contributed by atoms with Gasteiger partial charge in [0.15, 0.2) is 0 Å². The molecule has 48 heavy (non-hydrogen) atoms. The van der Waals surface area contributed by atoms with Crippen LogP contribution in [0, 0.1) is 0 Å². The lowest BCUT2D eigenvalue weighted by Gasteiger charge is -2.28. The van der Waals surface area contributed by atoms with E-state index in [1.165, 1.54) is 0 Å². The van der Waals surface area contributed by atoms with Crippen molar-refractivity contribution >= 4 is 41.1 Å². The summed E-state index contributed by atoms with van der Waals surface area (Å²) in [6.45, 7) is 1.02. The van der Waals surface area contributed by atoms with E-state index in [2.05, 4.69) is 27.4 Å². The van der Waals surface area contributed by atoms with Gasteiger partial charge in [0.05, 0.1) is 5.69 Å². The van der Waals surface area contributed by atoms with E-state index < -0.39 is 12.2 Å². The first-order valence-corrected chi connectivity index (χ1v) is 16.4. The van der Waals surface area contributed by atoms with Crippen LogP contribution >= 0.6 is 0 Å². The van der Waals surface area contributed by atoms with Crippen molar-refractivity contribution in [2.75, 3.05) is 5.32 Å². The topological polar surface area (TPSA) is 98.7 Å². The molecule has 0 unspecified atom stereocenters. The molecule has 6 rings (SSSR count). The molecule has 0 aliphatic heterocycles. The number of nitrogens with zero attached hydrogens (tertiary/aromatic N) is 1. The van der Waals surface area contributed by atoms with Gasteiger partial charge in [-0.05, 0) is 79.1 Å². The number of hydrogen-bond donors (Lipinski definition) is 2. The number of benzene rings is 4. The van der Waals surface area contributed by atoms with Crippen molar-refractivity contribution in [2.45, 2.75) is 57.4 Å². The van der Waals surface area contributed by atoms with Crippen LogP contribution in [0.15, 0.2) is 115 Å². The maximum Gasteiger partial charge on any atom is 0.411 e. The van der Waals surface area contributed by atoms with Gasteiger partial charge in [0.25, 0.3) is 0 Å². The number of carbonyl (C=O) groups excluding carboxylic acids is 3. The van der Waals surface area contributed by atoms with Crippen LogP contribution in [0.1, 0.15) is 53.6 Å². The maximum atomic E-state index is 13.1. The number of aryl methyl sites for hydroxylation is 1. The van der Waals surface area contributed by atoms with Crippen LogP contribution in [0.4, 0.5) is 15.3 Å². The quantitative estimate of drug-likeness (QED) is 0.140. The molecule has 0 bridgehead atoms. The largest absolute Gasteiger partial charge is 0.446 e. The van der Waals surface area contributed by atoms with E-state index in [1.807, 2.05) is 109 Å². The molecule has 0 spiro atoms. The normalized spacial score (nSPS) is 16.0. The Kier molecular flexibility index (Phi) is 10.6. The molecule has 8 nitrogen and oxygen atoms in total. The average molecular weight is 642 g/mol. The lowest BCUT2D eigenvalue weighted by molar-refractivity contribution is 0.0761. The zero-order valence-electron chi connectivity index (χ0n) is 26.7. The van der Waals surface area contributed by atoms with Gasteiger partial charge >= 0.3 is 12.2 Å². The fourth-order valence-electron chi connectivity index (χ4n) is 6.11. The number of hydrogen-bond acceptors (Lipinski definition) is 5. The predicted molar refractivity (Wildman–Crippen MR) is 189 cm³/mol. The van der Waals surface area contributed by atoms with Crippen molar-refractivity contribution in [3.63, 3.8) is 0 Å². The van der Waals surface area contributed by atoms with Gasteiger partial charge < -0.3 is 19.4 Å². The maximum absolute atomic E-state index is 13.1. The van der Waals surface area contributed by atoms with E-state index >= 15 is 0 Å². The number of allylic oxidation sites excluding steroid dienone is 1. The number of nitrogens with one attached hydrogen (secondary N) is 2. The smallest absolute Gasteiger partial charge is 0.411 e. The minimum absolute atomic E-state index is 0.0177. The van der Waals surface area contributed by atoms with Crippen molar-refractivity contribution in [3.8, 4) is 11.1 Å². The Morgan fingerprint density at radius 2 is 1.56 bits per heavy atom. The molecule has 1 heterocycles. The Balaban J connectivity index is 1.03. The van der Waals surface area contributed by atoms with Crippen LogP contribution in [-0.2, 0) is 22.6 Å². The second-order valence-electron chi connectivity index (χ2n) is 12.0. The van der Waals surface area contributed by atoms with Gasteiger partial charge in [0, 0.05) is 40.8 Å². The molecular formula is C40H39N3O5. The summed E-state index contributed by atoms with van der Waals surface area (Å²) in [5, 5.41) is 6.99. The molecule has 1 fully saturated rings. The highest BCUT2D eigenvalue weighted by molar-refractivity contribution is 5.92. The molecule has 2 N–H and O–H groups in total. The summed E-state index contributed by atoms with van der Waals surface area (Å²) in [5.74, 6) is 0. The molecule has 0 atom stereocenters. The number of fused-ring (bicyclic) bond motifs is 1. The Hall–Kier alpha value is -5.63. The van der Waals surface area contributed by atoms with Gasteiger partial charge in [0.1, 0.15) is 19.0 Å². The standard InChI is InChI=1S/C40H39N3O5/c44-27-31-15-21-38-33(25-31)22-24-43(38)23-8-7-9-29-14-20-36(32-12-5-2-6-13-32)37(26-29)42-40(46)48-35-18-16-34(17-19-35)41-39(45)47-28-30-10-3-1-4-11-30/h1-7,9-15,20-22,24-27,34-35H,8,16-19,23,28H2,(H,41,45)(H,42,46)/b9-7+. The second kappa shape index (κ2) is 15.8. The summed E-state index contributed by atoms with van der Waals surface area (Å²) in [7, 11) is 0. The van der Waals surface area contributed by atoms with Crippen molar-refractivity contribution in [2.24, 2.45) is 0 Å². The first-order chi connectivity index (χ1) is 23.5. The first kappa shape index (κ1) is 32.3. The molecule has 244 valence electrons. The SMILES string of the molecule is O=Cc1ccc2c(ccn2CC/C=C/c2ccc(-c3ccccc3)c(NC(=O)OC3CCC(NC(=O)OCc4ccccc4)CC3)c2)c1. The third kappa shape index (κ3) is 8.59. The van der Waals surface area contributed by atoms with E-state index in [0.717, 1.165) is 52.4 Å². The van der Waals surface area contributed by atoms with E-state index in [1.54, 1.807) is 0 Å². The van der Waals surface area contributed by atoms with E-state index in [0.29, 0.717) is 36.9 Å². The summed E-state index contributed by atoms with van der Waals surface area (Å²) in [5.41, 5.74) is 6.23. The number of anilines is 1. The molecule has 2 amide bonds. The highest BCUT2D eigenvalue weighted by Crippen LogP contribution is 2.30. The number of amides is 2. The number of rotatable bonds is 11.